The Labute approximate surface area is 192 Å². The molecule has 1 heterocycles. The molecule has 3 aromatic carbocycles. The molecular weight excluding hydrogens is 412 g/mol. The molecule has 0 amide bonds. The summed E-state index contributed by atoms with van der Waals surface area (Å²) in [6, 6.07) is 20.2. The number of aromatic nitrogens is 2. The lowest BCUT2D eigenvalue weighted by Crippen LogP contribution is -2.24. The molecule has 6 heteroatoms. The molecule has 1 aromatic heterocycles. The maximum absolute atomic E-state index is 12.7. The Morgan fingerprint density at radius 1 is 0.788 bits per heavy atom. The number of hydrogen-bond donors (Lipinski definition) is 2. The number of nitrogens with one attached hydrogen (secondary N) is 2. The molecule has 0 aliphatic carbocycles. The van der Waals surface area contributed by atoms with Crippen LogP contribution in [0.3, 0.4) is 0 Å². The first kappa shape index (κ1) is 22.1. The molecule has 0 fully saturated rings. The van der Waals surface area contributed by atoms with E-state index < -0.39 is 0 Å². The van der Waals surface area contributed by atoms with Crippen molar-refractivity contribution >= 4 is 33.4 Å². The zero-order valence-corrected chi connectivity index (χ0v) is 19.4. The third kappa shape index (κ3) is 4.07. The molecule has 4 rings (SSSR count). The van der Waals surface area contributed by atoms with Crippen LogP contribution in [0.2, 0.25) is 0 Å². The summed E-state index contributed by atoms with van der Waals surface area (Å²) >= 11 is 0. The predicted octanol–water partition coefficient (Wildman–Crippen LogP) is 4.81. The van der Waals surface area contributed by atoms with Crippen LogP contribution >= 0.6 is 0 Å². The normalized spacial score (nSPS) is 10.9. The monoisotopic (exact) mass is 440 g/mol. The molecule has 0 aliphatic heterocycles. The predicted molar refractivity (Wildman–Crippen MR) is 138 cm³/mol. The number of rotatable bonds is 6. The number of nitrogens with zero attached hydrogens (tertiary/aromatic N) is 2. The standard InChI is InChI=1S/C27H28N4O2/c1-6-31(23-16-7-17(2)24-25(23)27(33)29-28-26(24)32)22-14-10-20(11-15-22)18(3)19-8-12-21(13-9-19)30(4)5/h7-16H,3,6H2,1-2,4-5H3,(H,28,32)(H,29,33). The van der Waals surface area contributed by atoms with Crippen LogP contribution in [0.4, 0.5) is 17.1 Å². The van der Waals surface area contributed by atoms with Gasteiger partial charge < -0.3 is 9.80 Å². The zero-order chi connectivity index (χ0) is 23.7. The van der Waals surface area contributed by atoms with Gasteiger partial charge in [0.05, 0.1) is 16.5 Å². The van der Waals surface area contributed by atoms with Crippen LogP contribution in [0.1, 0.15) is 23.6 Å². The Kier molecular flexibility index (Phi) is 5.92. The third-order valence-corrected chi connectivity index (χ3v) is 6.00. The van der Waals surface area contributed by atoms with Crippen LogP contribution in [-0.4, -0.2) is 30.8 Å². The number of fused-ring (bicyclic) bond motifs is 1. The summed E-state index contributed by atoms with van der Waals surface area (Å²) in [4.78, 5) is 29.2. The fourth-order valence-electron chi connectivity index (χ4n) is 4.14. The first-order chi connectivity index (χ1) is 15.8. The summed E-state index contributed by atoms with van der Waals surface area (Å²) in [6.07, 6.45) is 0. The quantitative estimate of drug-likeness (QED) is 0.451. The zero-order valence-electron chi connectivity index (χ0n) is 19.4. The van der Waals surface area contributed by atoms with Crippen LogP contribution in [-0.2, 0) is 0 Å². The lowest BCUT2D eigenvalue weighted by atomic mass is 9.98. The molecule has 0 aliphatic rings. The van der Waals surface area contributed by atoms with Gasteiger partial charge in [0.25, 0.3) is 11.1 Å². The molecule has 4 aromatic rings. The molecule has 0 saturated heterocycles. The molecule has 0 unspecified atom stereocenters. The van der Waals surface area contributed by atoms with E-state index in [9.17, 15) is 9.59 Å². The summed E-state index contributed by atoms with van der Waals surface area (Å²) in [5.41, 5.74) is 5.96. The molecule has 0 bridgehead atoms. The topological polar surface area (TPSA) is 72.2 Å². The van der Waals surface area contributed by atoms with Crippen molar-refractivity contribution in [1.29, 1.82) is 0 Å². The van der Waals surface area contributed by atoms with E-state index in [4.69, 9.17) is 0 Å². The minimum atomic E-state index is -0.312. The highest BCUT2D eigenvalue weighted by atomic mass is 16.1. The molecule has 168 valence electrons. The summed E-state index contributed by atoms with van der Waals surface area (Å²) in [5.74, 6) is 0. The number of aromatic amines is 2. The lowest BCUT2D eigenvalue weighted by molar-refractivity contribution is 0.969. The average molecular weight is 441 g/mol. The van der Waals surface area contributed by atoms with Gasteiger partial charge in [-0.1, -0.05) is 36.9 Å². The van der Waals surface area contributed by atoms with Crippen molar-refractivity contribution in [2.45, 2.75) is 13.8 Å². The van der Waals surface area contributed by atoms with Crippen LogP contribution in [0, 0.1) is 6.92 Å². The summed E-state index contributed by atoms with van der Waals surface area (Å²) in [5, 5.41) is 5.70. The number of hydrogen-bond acceptors (Lipinski definition) is 4. The van der Waals surface area contributed by atoms with Gasteiger partial charge in [0.15, 0.2) is 0 Å². The van der Waals surface area contributed by atoms with Gasteiger partial charge in [-0.05, 0) is 66.4 Å². The van der Waals surface area contributed by atoms with Crippen LogP contribution in [0.5, 0.6) is 0 Å². The van der Waals surface area contributed by atoms with Crippen molar-refractivity contribution in [3.63, 3.8) is 0 Å². The van der Waals surface area contributed by atoms with E-state index >= 15 is 0 Å². The molecule has 0 spiro atoms. The smallest absolute Gasteiger partial charge is 0.272 e. The fraction of sp³-hybridized carbons (Fsp3) is 0.185. The van der Waals surface area contributed by atoms with E-state index in [1.54, 1.807) is 0 Å². The third-order valence-electron chi connectivity index (χ3n) is 6.00. The van der Waals surface area contributed by atoms with E-state index in [1.165, 1.54) is 0 Å². The van der Waals surface area contributed by atoms with Crippen molar-refractivity contribution < 1.29 is 0 Å². The average Bonchev–Trinajstić information content (AvgIpc) is 2.83. The van der Waals surface area contributed by atoms with Crippen molar-refractivity contribution in [2.24, 2.45) is 0 Å². The Balaban J connectivity index is 1.71. The van der Waals surface area contributed by atoms with E-state index in [1.807, 2.05) is 69.2 Å². The Morgan fingerprint density at radius 2 is 1.30 bits per heavy atom. The molecule has 2 N–H and O–H groups in total. The largest absolute Gasteiger partial charge is 0.378 e. The second kappa shape index (κ2) is 8.82. The van der Waals surface area contributed by atoms with Crippen molar-refractivity contribution in [3.8, 4) is 0 Å². The highest BCUT2D eigenvalue weighted by Crippen LogP contribution is 2.32. The number of H-pyrrole nitrogens is 2. The fourth-order valence-corrected chi connectivity index (χ4v) is 4.14. The first-order valence-corrected chi connectivity index (χ1v) is 10.9. The van der Waals surface area contributed by atoms with E-state index in [0.717, 1.165) is 33.6 Å². The van der Waals surface area contributed by atoms with Gasteiger partial charge in [0.2, 0.25) is 0 Å². The maximum Gasteiger partial charge on any atom is 0.272 e. The van der Waals surface area contributed by atoms with Crippen LogP contribution < -0.4 is 20.9 Å². The van der Waals surface area contributed by atoms with Crippen molar-refractivity contribution in [3.05, 3.63) is 105 Å². The second-order valence-electron chi connectivity index (χ2n) is 8.27. The van der Waals surface area contributed by atoms with Crippen LogP contribution in [0.25, 0.3) is 16.3 Å². The highest BCUT2D eigenvalue weighted by Gasteiger charge is 2.17. The van der Waals surface area contributed by atoms with Gasteiger partial charge >= 0.3 is 0 Å². The number of benzene rings is 3. The molecule has 0 saturated carbocycles. The van der Waals surface area contributed by atoms with Crippen LogP contribution in [0.15, 0.2) is 76.8 Å². The first-order valence-electron chi connectivity index (χ1n) is 10.9. The highest BCUT2D eigenvalue weighted by molar-refractivity contribution is 5.97. The molecular formula is C27H28N4O2. The Hall–Kier alpha value is -4.06. The number of aryl methyl sites for hydroxylation is 1. The summed E-state index contributed by atoms with van der Waals surface area (Å²) < 4.78 is 0. The molecule has 0 radical (unpaired) electrons. The Bertz CT molecular complexity index is 1430. The molecule has 0 atom stereocenters. The lowest BCUT2D eigenvalue weighted by Gasteiger charge is -2.25. The van der Waals surface area contributed by atoms with Gasteiger partial charge in [-0.3, -0.25) is 19.8 Å². The van der Waals surface area contributed by atoms with Gasteiger partial charge in [-0.2, -0.15) is 0 Å². The van der Waals surface area contributed by atoms with Gasteiger partial charge in [-0.15, -0.1) is 0 Å². The molecule has 33 heavy (non-hydrogen) atoms. The summed E-state index contributed by atoms with van der Waals surface area (Å²) in [7, 11) is 4.03. The Morgan fingerprint density at radius 3 is 1.82 bits per heavy atom. The SMILES string of the molecule is C=C(c1ccc(N(C)C)cc1)c1ccc(N(CC)c2ccc(C)c3c(=O)[nH][nH]c(=O)c23)cc1. The van der Waals surface area contributed by atoms with Gasteiger partial charge in [-0.25, -0.2) is 0 Å². The van der Waals surface area contributed by atoms with E-state index in [0.29, 0.717) is 23.0 Å². The minimum Gasteiger partial charge on any atom is -0.378 e. The summed E-state index contributed by atoms with van der Waals surface area (Å²) in [6.45, 7) is 8.78. The van der Waals surface area contributed by atoms with Crippen molar-refractivity contribution in [1.82, 2.24) is 10.2 Å². The maximum atomic E-state index is 12.7. The second-order valence-corrected chi connectivity index (χ2v) is 8.27. The minimum absolute atomic E-state index is 0.299. The number of anilines is 3. The molecule has 6 nitrogen and oxygen atoms in total. The van der Waals surface area contributed by atoms with E-state index in [2.05, 4.69) is 45.9 Å². The van der Waals surface area contributed by atoms with E-state index in [-0.39, 0.29) is 11.1 Å². The van der Waals surface area contributed by atoms with Gasteiger partial charge in [0.1, 0.15) is 0 Å². The van der Waals surface area contributed by atoms with Crippen molar-refractivity contribution in [2.75, 3.05) is 30.4 Å². The van der Waals surface area contributed by atoms with Gasteiger partial charge in [0, 0.05) is 32.0 Å².